The normalized spacial score (nSPS) is 13.4. The van der Waals surface area contributed by atoms with Crippen molar-refractivity contribution in [3.63, 3.8) is 0 Å². The van der Waals surface area contributed by atoms with E-state index in [1.165, 1.54) is 17.7 Å². The smallest absolute Gasteiger partial charge is 0.260 e. The van der Waals surface area contributed by atoms with E-state index in [-0.39, 0.29) is 27.8 Å². The van der Waals surface area contributed by atoms with Gasteiger partial charge in [0.25, 0.3) is 5.91 Å². The Hall–Kier alpha value is -2.86. The molecular formula is C21H18ClFN2O3. The number of hydrogen-bond acceptors (Lipinski definition) is 4. The van der Waals surface area contributed by atoms with Gasteiger partial charge < -0.3 is 14.2 Å². The first-order valence-corrected chi connectivity index (χ1v) is 9.23. The number of carbonyl (C=O) groups is 1. The second-order valence-corrected chi connectivity index (χ2v) is 7.08. The van der Waals surface area contributed by atoms with Crippen LogP contribution in [0.3, 0.4) is 0 Å². The van der Waals surface area contributed by atoms with Crippen molar-refractivity contribution in [2.45, 2.75) is 19.9 Å². The van der Waals surface area contributed by atoms with E-state index in [1.54, 1.807) is 25.0 Å². The number of amides is 1. The lowest BCUT2D eigenvalue weighted by atomic mass is 9.98. The summed E-state index contributed by atoms with van der Waals surface area (Å²) < 4.78 is 24.9. The van der Waals surface area contributed by atoms with Crippen LogP contribution in [-0.2, 0) is 13.0 Å². The van der Waals surface area contributed by atoms with Crippen LogP contribution in [0.2, 0.25) is 5.02 Å². The van der Waals surface area contributed by atoms with Gasteiger partial charge in [0, 0.05) is 13.1 Å². The van der Waals surface area contributed by atoms with Crippen LogP contribution in [0.1, 0.15) is 27.2 Å². The Bertz CT molecular complexity index is 1040. The lowest BCUT2D eigenvalue weighted by Gasteiger charge is -2.29. The molecule has 2 heterocycles. The van der Waals surface area contributed by atoms with E-state index >= 15 is 0 Å². The van der Waals surface area contributed by atoms with E-state index in [9.17, 15) is 9.18 Å². The summed E-state index contributed by atoms with van der Waals surface area (Å²) >= 11 is 6.18. The van der Waals surface area contributed by atoms with Crippen LogP contribution in [-0.4, -0.2) is 29.6 Å². The van der Waals surface area contributed by atoms with Crippen molar-refractivity contribution in [3.8, 4) is 17.0 Å². The van der Waals surface area contributed by atoms with E-state index in [0.29, 0.717) is 18.8 Å². The average molecular weight is 401 g/mol. The predicted octanol–water partition coefficient (Wildman–Crippen LogP) is 4.65. The molecule has 7 heteroatoms. The minimum absolute atomic E-state index is 0.0726. The first kappa shape index (κ1) is 18.5. The zero-order valence-corrected chi connectivity index (χ0v) is 16.2. The van der Waals surface area contributed by atoms with Crippen LogP contribution in [0.25, 0.3) is 11.3 Å². The molecule has 3 aromatic rings. The Kier molecular flexibility index (Phi) is 4.81. The topological polar surface area (TPSA) is 55.6 Å². The van der Waals surface area contributed by atoms with Gasteiger partial charge in [-0.2, -0.15) is 0 Å². The number of hydrogen-bond donors (Lipinski definition) is 0. The van der Waals surface area contributed by atoms with Crippen molar-refractivity contribution in [1.82, 2.24) is 10.1 Å². The molecule has 144 valence electrons. The Morgan fingerprint density at radius 1 is 1.29 bits per heavy atom. The summed E-state index contributed by atoms with van der Waals surface area (Å²) in [6.45, 7) is 2.62. The lowest BCUT2D eigenvalue weighted by molar-refractivity contribution is 0.0733. The maximum atomic E-state index is 14.4. The second kappa shape index (κ2) is 7.28. The summed E-state index contributed by atoms with van der Waals surface area (Å²) in [6.07, 6.45) is 0.727. The maximum absolute atomic E-state index is 14.4. The molecule has 1 aliphatic rings. The van der Waals surface area contributed by atoms with Crippen molar-refractivity contribution in [1.29, 1.82) is 0 Å². The minimum atomic E-state index is -0.552. The van der Waals surface area contributed by atoms with E-state index in [4.69, 9.17) is 20.9 Å². The molecular weight excluding hydrogens is 383 g/mol. The van der Waals surface area contributed by atoms with Gasteiger partial charge in [0.05, 0.1) is 17.7 Å². The summed E-state index contributed by atoms with van der Waals surface area (Å²) in [5.41, 5.74) is 2.65. The van der Waals surface area contributed by atoms with E-state index < -0.39 is 5.82 Å². The number of methoxy groups -OCH3 is 1. The highest BCUT2D eigenvalue weighted by Crippen LogP contribution is 2.35. The fraction of sp³-hybridized carbons (Fsp3) is 0.238. The molecule has 0 N–H and O–H groups in total. The SMILES string of the molecule is COc1ccc2c(c1)CN(C(=O)c1c(-c3c(F)cccc3Cl)noc1C)CC2. The molecule has 0 radical (unpaired) electrons. The standard InChI is InChI=1S/C21H18ClFN2O3/c1-12-18(20(24-28-12)19-16(22)4-3-5-17(19)23)21(26)25-9-8-13-6-7-15(27-2)10-14(13)11-25/h3-7,10H,8-9,11H2,1-2H3. The van der Waals surface area contributed by atoms with Crippen LogP contribution in [0, 0.1) is 12.7 Å². The highest BCUT2D eigenvalue weighted by molar-refractivity contribution is 6.33. The van der Waals surface area contributed by atoms with Gasteiger partial charge in [0.15, 0.2) is 0 Å². The maximum Gasteiger partial charge on any atom is 0.260 e. The van der Waals surface area contributed by atoms with Crippen molar-refractivity contribution in [3.05, 3.63) is 69.7 Å². The Morgan fingerprint density at radius 2 is 2.11 bits per heavy atom. The summed E-state index contributed by atoms with van der Waals surface area (Å²) in [5.74, 6) is 0.258. The zero-order chi connectivity index (χ0) is 19.8. The molecule has 1 aromatic heterocycles. The first-order chi connectivity index (χ1) is 13.5. The number of carbonyl (C=O) groups excluding carboxylic acids is 1. The number of rotatable bonds is 3. The lowest BCUT2D eigenvalue weighted by Crippen LogP contribution is -2.36. The molecule has 0 fully saturated rings. The third-order valence-corrected chi connectivity index (χ3v) is 5.30. The van der Waals surface area contributed by atoms with Crippen LogP contribution >= 0.6 is 11.6 Å². The Labute approximate surface area is 166 Å². The van der Waals surface area contributed by atoms with Gasteiger partial charge in [-0.15, -0.1) is 0 Å². The van der Waals surface area contributed by atoms with Crippen molar-refractivity contribution in [2.75, 3.05) is 13.7 Å². The van der Waals surface area contributed by atoms with Crippen LogP contribution in [0.5, 0.6) is 5.75 Å². The number of halogens is 2. The van der Waals surface area contributed by atoms with Crippen LogP contribution in [0.15, 0.2) is 40.9 Å². The fourth-order valence-electron chi connectivity index (χ4n) is 3.51. The van der Waals surface area contributed by atoms with Gasteiger partial charge in [0.1, 0.15) is 28.6 Å². The zero-order valence-electron chi connectivity index (χ0n) is 15.5. The molecule has 0 bridgehead atoms. The average Bonchev–Trinajstić information content (AvgIpc) is 3.07. The number of aromatic nitrogens is 1. The summed E-state index contributed by atoms with van der Waals surface area (Å²) in [7, 11) is 1.61. The van der Waals surface area contributed by atoms with Crippen molar-refractivity contribution in [2.24, 2.45) is 0 Å². The van der Waals surface area contributed by atoms with Crippen molar-refractivity contribution < 1.29 is 18.4 Å². The molecule has 0 saturated carbocycles. The Morgan fingerprint density at radius 3 is 2.86 bits per heavy atom. The number of aryl methyl sites for hydroxylation is 1. The number of benzene rings is 2. The fourth-order valence-corrected chi connectivity index (χ4v) is 3.76. The van der Waals surface area contributed by atoms with E-state index in [0.717, 1.165) is 17.7 Å². The minimum Gasteiger partial charge on any atom is -0.497 e. The molecule has 0 aliphatic carbocycles. The van der Waals surface area contributed by atoms with Gasteiger partial charge in [-0.25, -0.2) is 4.39 Å². The van der Waals surface area contributed by atoms with Crippen LogP contribution < -0.4 is 4.74 Å². The molecule has 2 aromatic carbocycles. The molecule has 0 spiro atoms. The van der Waals surface area contributed by atoms with Gasteiger partial charge in [-0.3, -0.25) is 4.79 Å². The first-order valence-electron chi connectivity index (χ1n) is 8.85. The predicted molar refractivity (Wildman–Crippen MR) is 103 cm³/mol. The number of fused-ring (bicyclic) bond motifs is 1. The van der Waals surface area contributed by atoms with Crippen LogP contribution in [0.4, 0.5) is 4.39 Å². The largest absolute Gasteiger partial charge is 0.497 e. The molecule has 0 unspecified atom stereocenters. The summed E-state index contributed by atoms with van der Waals surface area (Å²) in [5, 5.41) is 4.11. The van der Waals surface area contributed by atoms with E-state index in [2.05, 4.69) is 5.16 Å². The molecule has 28 heavy (non-hydrogen) atoms. The summed E-state index contributed by atoms with van der Waals surface area (Å²) in [6, 6.07) is 10.2. The number of ether oxygens (including phenoxy) is 1. The monoisotopic (exact) mass is 400 g/mol. The molecule has 5 nitrogen and oxygen atoms in total. The molecule has 1 aliphatic heterocycles. The highest BCUT2D eigenvalue weighted by Gasteiger charge is 2.30. The number of nitrogens with zero attached hydrogens (tertiary/aromatic N) is 2. The van der Waals surface area contributed by atoms with Gasteiger partial charge >= 0.3 is 0 Å². The summed E-state index contributed by atoms with van der Waals surface area (Å²) in [4.78, 5) is 15.0. The molecule has 0 saturated heterocycles. The molecule has 4 rings (SSSR count). The van der Waals surface area contributed by atoms with Gasteiger partial charge in [0.2, 0.25) is 0 Å². The molecule has 1 amide bonds. The quantitative estimate of drug-likeness (QED) is 0.642. The van der Waals surface area contributed by atoms with Crippen molar-refractivity contribution >= 4 is 17.5 Å². The highest BCUT2D eigenvalue weighted by atomic mass is 35.5. The van der Waals surface area contributed by atoms with Gasteiger partial charge in [-0.05, 0) is 48.7 Å². The Balaban J connectivity index is 1.71. The third kappa shape index (κ3) is 3.14. The van der Waals surface area contributed by atoms with E-state index in [1.807, 2.05) is 18.2 Å². The second-order valence-electron chi connectivity index (χ2n) is 6.67. The third-order valence-electron chi connectivity index (χ3n) is 4.99. The molecule has 0 atom stereocenters. The van der Waals surface area contributed by atoms with Gasteiger partial charge in [-0.1, -0.05) is 28.9 Å².